The number of nitrogens with zero attached hydrogens (tertiary/aromatic N) is 4. The molecule has 0 spiro atoms. The maximum atomic E-state index is 13.3. The van der Waals surface area contributed by atoms with Gasteiger partial charge < -0.3 is 5.32 Å². The predicted molar refractivity (Wildman–Crippen MR) is 136 cm³/mol. The zero-order valence-corrected chi connectivity index (χ0v) is 19.7. The fraction of sp³-hybridized carbons (Fsp3) is 0.115. The number of anilines is 1. The highest BCUT2D eigenvalue weighted by Crippen LogP contribution is 2.22. The number of ketones is 1. The zero-order valence-electron chi connectivity index (χ0n) is 18.8. The van der Waals surface area contributed by atoms with E-state index in [0.717, 1.165) is 5.56 Å². The van der Waals surface area contributed by atoms with Crippen LogP contribution >= 0.6 is 11.8 Å². The van der Waals surface area contributed by atoms with Crippen molar-refractivity contribution in [3.8, 4) is 0 Å². The number of fused-ring (bicyclic) bond motifs is 3. The lowest BCUT2D eigenvalue weighted by atomic mass is 10.1. The van der Waals surface area contributed by atoms with Crippen LogP contribution in [0.5, 0.6) is 0 Å². The van der Waals surface area contributed by atoms with Crippen molar-refractivity contribution in [1.82, 2.24) is 19.2 Å². The van der Waals surface area contributed by atoms with Gasteiger partial charge in [-0.1, -0.05) is 54.2 Å². The number of benzene rings is 3. The van der Waals surface area contributed by atoms with Crippen LogP contribution in [0.2, 0.25) is 0 Å². The van der Waals surface area contributed by atoms with Gasteiger partial charge in [0.25, 0.3) is 5.56 Å². The van der Waals surface area contributed by atoms with Crippen molar-refractivity contribution in [2.24, 2.45) is 0 Å². The highest BCUT2D eigenvalue weighted by Gasteiger charge is 2.18. The van der Waals surface area contributed by atoms with Gasteiger partial charge in [0, 0.05) is 11.3 Å². The summed E-state index contributed by atoms with van der Waals surface area (Å²) < 4.78 is 3.42. The van der Waals surface area contributed by atoms with E-state index in [0.29, 0.717) is 39.6 Å². The van der Waals surface area contributed by atoms with Crippen molar-refractivity contribution in [1.29, 1.82) is 0 Å². The molecule has 1 amide bonds. The Bertz CT molecular complexity index is 1610. The number of nitrogens with one attached hydrogen (secondary N) is 1. The molecular formula is C26H21N5O3S. The summed E-state index contributed by atoms with van der Waals surface area (Å²) in [5, 5.41) is 12.5. The number of aromatic nitrogens is 4. The van der Waals surface area contributed by atoms with E-state index < -0.39 is 0 Å². The van der Waals surface area contributed by atoms with Gasteiger partial charge in [0.05, 0.1) is 23.2 Å². The second kappa shape index (κ2) is 9.55. The van der Waals surface area contributed by atoms with E-state index in [1.165, 1.54) is 18.7 Å². The number of rotatable bonds is 7. The van der Waals surface area contributed by atoms with Crippen molar-refractivity contribution in [3.05, 3.63) is 100 Å². The molecule has 0 aliphatic rings. The summed E-state index contributed by atoms with van der Waals surface area (Å²) in [6.07, 6.45) is 0. The molecule has 35 heavy (non-hydrogen) atoms. The topological polar surface area (TPSA) is 98.4 Å². The normalized spacial score (nSPS) is 11.1. The number of hydrogen-bond acceptors (Lipinski definition) is 6. The van der Waals surface area contributed by atoms with Crippen molar-refractivity contribution in [2.75, 3.05) is 11.1 Å². The second-order valence-corrected chi connectivity index (χ2v) is 8.92. The Morgan fingerprint density at radius 2 is 1.63 bits per heavy atom. The van der Waals surface area contributed by atoms with Gasteiger partial charge in [-0.15, -0.1) is 10.2 Å². The summed E-state index contributed by atoms with van der Waals surface area (Å²) in [5.41, 5.74) is 2.70. The number of carbonyl (C=O) groups excluding carboxylic acids is 2. The van der Waals surface area contributed by atoms with Crippen molar-refractivity contribution in [3.63, 3.8) is 0 Å². The monoisotopic (exact) mass is 483 g/mol. The van der Waals surface area contributed by atoms with Gasteiger partial charge in [0.2, 0.25) is 11.7 Å². The zero-order chi connectivity index (χ0) is 24.4. The predicted octanol–water partition coefficient (Wildman–Crippen LogP) is 4.03. The molecule has 0 aliphatic carbocycles. The molecule has 9 heteroatoms. The molecule has 0 saturated carbocycles. The number of para-hydroxylation sites is 1. The molecule has 8 nitrogen and oxygen atoms in total. The van der Waals surface area contributed by atoms with Crippen LogP contribution in [0.25, 0.3) is 16.7 Å². The summed E-state index contributed by atoms with van der Waals surface area (Å²) in [4.78, 5) is 37.3. The fourth-order valence-electron chi connectivity index (χ4n) is 3.85. The van der Waals surface area contributed by atoms with Crippen LogP contribution in [0.1, 0.15) is 22.8 Å². The average molecular weight is 484 g/mol. The number of hydrogen-bond donors (Lipinski definition) is 1. The summed E-state index contributed by atoms with van der Waals surface area (Å²) in [6.45, 7) is 1.85. The van der Waals surface area contributed by atoms with Gasteiger partial charge in [-0.3, -0.25) is 23.4 Å². The molecule has 0 saturated heterocycles. The lowest BCUT2D eigenvalue weighted by Gasteiger charge is -2.11. The third-order valence-corrected chi connectivity index (χ3v) is 6.50. The highest BCUT2D eigenvalue weighted by molar-refractivity contribution is 7.99. The van der Waals surface area contributed by atoms with E-state index in [4.69, 9.17) is 0 Å². The fourth-order valence-corrected chi connectivity index (χ4v) is 4.59. The van der Waals surface area contributed by atoms with E-state index in [9.17, 15) is 14.4 Å². The van der Waals surface area contributed by atoms with Gasteiger partial charge in [-0.05, 0) is 48.9 Å². The molecule has 0 radical (unpaired) electrons. The minimum absolute atomic E-state index is 0.0323. The SMILES string of the molecule is CC(=O)c1ccc(NC(=O)CSc2nnc3n(Cc4ccccc4)c(=O)c4ccccc4n23)cc1. The van der Waals surface area contributed by atoms with Crippen molar-refractivity contribution < 1.29 is 9.59 Å². The first kappa shape index (κ1) is 22.5. The van der Waals surface area contributed by atoms with E-state index in [-0.39, 0.29) is 23.0 Å². The number of amides is 1. The maximum Gasteiger partial charge on any atom is 0.263 e. The molecule has 5 rings (SSSR count). The van der Waals surface area contributed by atoms with Crippen LogP contribution in [-0.4, -0.2) is 36.6 Å². The smallest absolute Gasteiger partial charge is 0.263 e. The van der Waals surface area contributed by atoms with Crippen LogP contribution in [0, 0.1) is 0 Å². The minimum Gasteiger partial charge on any atom is -0.325 e. The molecular weight excluding hydrogens is 462 g/mol. The summed E-state index contributed by atoms with van der Waals surface area (Å²) >= 11 is 1.24. The lowest BCUT2D eigenvalue weighted by molar-refractivity contribution is -0.113. The first-order valence-electron chi connectivity index (χ1n) is 11.0. The summed E-state index contributed by atoms with van der Waals surface area (Å²) in [6, 6.07) is 23.7. The van der Waals surface area contributed by atoms with Crippen molar-refractivity contribution in [2.45, 2.75) is 18.6 Å². The molecule has 174 valence electrons. The van der Waals surface area contributed by atoms with Gasteiger partial charge in [-0.2, -0.15) is 0 Å². The van der Waals surface area contributed by atoms with E-state index >= 15 is 0 Å². The number of thioether (sulfide) groups is 1. The Morgan fingerprint density at radius 1 is 0.914 bits per heavy atom. The van der Waals surface area contributed by atoms with Gasteiger partial charge >= 0.3 is 0 Å². The molecule has 3 aromatic carbocycles. The Balaban J connectivity index is 1.44. The number of Topliss-reactive ketones (excluding diaryl/α,β-unsaturated/α-hetero) is 1. The second-order valence-electron chi connectivity index (χ2n) is 7.98. The van der Waals surface area contributed by atoms with E-state index in [1.54, 1.807) is 34.9 Å². The average Bonchev–Trinajstić information content (AvgIpc) is 3.30. The molecule has 0 fully saturated rings. The molecule has 1 N–H and O–H groups in total. The largest absolute Gasteiger partial charge is 0.325 e. The van der Waals surface area contributed by atoms with Crippen LogP contribution in [0.4, 0.5) is 5.69 Å². The van der Waals surface area contributed by atoms with Crippen LogP contribution in [-0.2, 0) is 11.3 Å². The molecule has 0 bridgehead atoms. The van der Waals surface area contributed by atoms with Gasteiger partial charge in [0.1, 0.15) is 0 Å². The molecule has 0 atom stereocenters. The standard InChI is InChI=1S/C26H21N5O3S/c1-17(32)19-11-13-20(14-12-19)27-23(33)16-35-26-29-28-25-30(15-18-7-3-2-4-8-18)24(34)21-9-5-6-10-22(21)31(25)26/h2-14H,15-16H2,1H3,(H,27,33). The maximum absolute atomic E-state index is 13.3. The van der Waals surface area contributed by atoms with Crippen LogP contribution in [0.15, 0.2) is 88.8 Å². The van der Waals surface area contributed by atoms with E-state index in [2.05, 4.69) is 15.5 Å². The Morgan fingerprint density at radius 3 is 2.37 bits per heavy atom. The number of carbonyl (C=O) groups is 2. The molecule has 5 aromatic rings. The highest BCUT2D eigenvalue weighted by atomic mass is 32.2. The first-order valence-corrected chi connectivity index (χ1v) is 11.9. The Kier molecular flexibility index (Phi) is 6.15. The van der Waals surface area contributed by atoms with Crippen molar-refractivity contribution >= 4 is 45.8 Å². The van der Waals surface area contributed by atoms with Gasteiger partial charge in [-0.25, -0.2) is 0 Å². The first-order chi connectivity index (χ1) is 17.0. The Hall–Kier alpha value is -4.24. The summed E-state index contributed by atoms with van der Waals surface area (Å²) in [5.74, 6) is 0.265. The molecule has 0 aliphatic heterocycles. The molecule has 0 unspecified atom stereocenters. The quantitative estimate of drug-likeness (QED) is 0.277. The third-order valence-electron chi connectivity index (χ3n) is 5.57. The Labute approximate surface area is 204 Å². The van der Waals surface area contributed by atoms with Gasteiger partial charge in [0.15, 0.2) is 10.9 Å². The molecule has 2 heterocycles. The van der Waals surface area contributed by atoms with E-state index in [1.807, 2.05) is 52.9 Å². The third kappa shape index (κ3) is 4.58. The molecule has 2 aromatic heterocycles. The minimum atomic E-state index is -0.218. The van der Waals surface area contributed by atoms with Crippen LogP contribution < -0.4 is 10.9 Å². The lowest BCUT2D eigenvalue weighted by Crippen LogP contribution is -2.24. The van der Waals surface area contributed by atoms with Crippen LogP contribution in [0.3, 0.4) is 0 Å². The summed E-state index contributed by atoms with van der Waals surface area (Å²) in [7, 11) is 0.